The molecule has 0 fully saturated rings. The lowest BCUT2D eigenvalue weighted by Gasteiger charge is -2.09. The molecular weight excluding hydrogens is 423 g/mol. The predicted molar refractivity (Wildman–Crippen MR) is 124 cm³/mol. The number of aromatic nitrogens is 3. The lowest BCUT2D eigenvalue weighted by molar-refractivity contribution is 0.0951. The SMILES string of the molecule is Cc1nnc(SCc2cccc(C(=O)NCc3ccc(F)cc3)c2)n1Cc1ccccc1. The Morgan fingerprint density at radius 1 is 0.938 bits per heavy atom. The van der Waals surface area contributed by atoms with Gasteiger partial charge in [-0.1, -0.05) is 66.4 Å². The first-order chi connectivity index (χ1) is 15.6. The topological polar surface area (TPSA) is 59.8 Å². The van der Waals surface area contributed by atoms with Crippen LogP contribution in [-0.4, -0.2) is 20.7 Å². The van der Waals surface area contributed by atoms with Crippen molar-refractivity contribution in [1.82, 2.24) is 20.1 Å². The standard InChI is InChI=1S/C25H23FN4OS/c1-18-28-29-25(30(18)16-20-6-3-2-4-7-20)32-17-21-8-5-9-22(14-21)24(31)27-15-19-10-12-23(26)13-11-19/h2-14H,15-17H2,1H3,(H,27,31). The molecule has 4 rings (SSSR count). The molecule has 0 spiro atoms. The van der Waals surface area contributed by atoms with Crippen molar-refractivity contribution in [3.63, 3.8) is 0 Å². The molecule has 162 valence electrons. The van der Waals surface area contributed by atoms with Crippen molar-refractivity contribution >= 4 is 17.7 Å². The fourth-order valence-corrected chi connectivity index (χ4v) is 4.18. The number of nitrogens with zero attached hydrogens (tertiary/aromatic N) is 3. The molecule has 5 nitrogen and oxygen atoms in total. The Balaban J connectivity index is 1.38. The first-order valence-electron chi connectivity index (χ1n) is 10.3. The van der Waals surface area contributed by atoms with Crippen LogP contribution in [0.2, 0.25) is 0 Å². The molecule has 0 atom stereocenters. The summed E-state index contributed by atoms with van der Waals surface area (Å²) in [5, 5.41) is 12.3. The quantitative estimate of drug-likeness (QED) is 0.387. The van der Waals surface area contributed by atoms with E-state index in [1.165, 1.54) is 17.7 Å². The fourth-order valence-electron chi connectivity index (χ4n) is 3.25. The maximum Gasteiger partial charge on any atom is 0.251 e. The minimum atomic E-state index is -0.292. The number of carbonyl (C=O) groups excluding carboxylic acids is 1. The third-order valence-electron chi connectivity index (χ3n) is 5.01. The van der Waals surface area contributed by atoms with Gasteiger partial charge in [0, 0.05) is 17.9 Å². The van der Waals surface area contributed by atoms with E-state index in [0.29, 0.717) is 24.4 Å². The van der Waals surface area contributed by atoms with Gasteiger partial charge in [0.1, 0.15) is 11.6 Å². The fraction of sp³-hybridized carbons (Fsp3) is 0.160. The van der Waals surface area contributed by atoms with Crippen LogP contribution < -0.4 is 5.32 Å². The first kappa shape index (κ1) is 21.8. The molecule has 3 aromatic carbocycles. The van der Waals surface area contributed by atoms with Crippen LogP contribution >= 0.6 is 11.8 Å². The van der Waals surface area contributed by atoms with E-state index in [2.05, 4.69) is 32.2 Å². The molecule has 1 N–H and O–H groups in total. The van der Waals surface area contributed by atoms with E-state index in [4.69, 9.17) is 0 Å². The molecule has 0 bridgehead atoms. The summed E-state index contributed by atoms with van der Waals surface area (Å²) in [6, 6.07) is 23.9. The number of benzene rings is 3. The van der Waals surface area contributed by atoms with E-state index in [-0.39, 0.29) is 11.7 Å². The summed E-state index contributed by atoms with van der Waals surface area (Å²) < 4.78 is 15.1. The Bertz CT molecular complexity index is 1190. The Kier molecular flexibility index (Phi) is 6.97. The smallest absolute Gasteiger partial charge is 0.251 e. The number of hydrogen-bond donors (Lipinski definition) is 1. The lowest BCUT2D eigenvalue weighted by atomic mass is 10.1. The lowest BCUT2D eigenvalue weighted by Crippen LogP contribution is -2.22. The molecular formula is C25H23FN4OS. The highest BCUT2D eigenvalue weighted by atomic mass is 32.2. The molecule has 0 saturated carbocycles. The van der Waals surface area contributed by atoms with Gasteiger partial charge in [-0.25, -0.2) is 4.39 Å². The average molecular weight is 447 g/mol. The number of aryl methyl sites for hydroxylation is 1. The van der Waals surface area contributed by atoms with Gasteiger partial charge in [0.05, 0.1) is 6.54 Å². The second-order valence-electron chi connectivity index (χ2n) is 7.40. The zero-order valence-corrected chi connectivity index (χ0v) is 18.5. The van der Waals surface area contributed by atoms with Crippen LogP contribution in [0.25, 0.3) is 0 Å². The molecule has 0 radical (unpaired) electrons. The summed E-state index contributed by atoms with van der Waals surface area (Å²) >= 11 is 1.59. The third-order valence-corrected chi connectivity index (χ3v) is 6.05. The van der Waals surface area contributed by atoms with Gasteiger partial charge in [0.2, 0.25) is 0 Å². The predicted octanol–water partition coefficient (Wildman–Crippen LogP) is 5.00. The van der Waals surface area contributed by atoms with E-state index >= 15 is 0 Å². The van der Waals surface area contributed by atoms with E-state index in [0.717, 1.165) is 22.1 Å². The molecule has 32 heavy (non-hydrogen) atoms. The van der Waals surface area contributed by atoms with E-state index in [9.17, 15) is 9.18 Å². The van der Waals surface area contributed by atoms with Gasteiger partial charge in [-0.05, 0) is 47.9 Å². The highest BCUT2D eigenvalue weighted by Crippen LogP contribution is 2.23. The van der Waals surface area contributed by atoms with Gasteiger partial charge in [-0.15, -0.1) is 10.2 Å². The van der Waals surface area contributed by atoms with Crippen LogP contribution in [0.4, 0.5) is 4.39 Å². The van der Waals surface area contributed by atoms with Crippen LogP contribution in [0.3, 0.4) is 0 Å². The Morgan fingerprint density at radius 2 is 1.69 bits per heavy atom. The minimum Gasteiger partial charge on any atom is -0.348 e. The van der Waals surface area contributed by atoms with E-state index < -0.39 is 0 Å². The number of carbonyl (C=O) groups is 1. The maximum atomic E-state index is 13.0. The highest BCUT2D eigenvalue weighted by molar-refractivity contribution is 7.98. The third kappa shape index (κ3) is 5.62. The number of thioether (sulfide) groups is 1. The summed E-state index contributed by atoms with van der Waals surface area (Å²) in [5.41, 5.74) is 3.65. The molecule has 0 aliphatic carbocycles. The zero-order chi connectivity index (χ0) is 22.3. The van der Waals surface area contributed by atoms with Crippen LogP contribution in [0, 0.1) is 12.7 Å². The second kappa shape index (κ2) is 10.2. The summed E-state index contributed by atoms with van der Waals surface area (Å²) in [6.45, 7) is 3.01. The number of nitrogens with one attached hydrogen (secondary N) is 1. The van der Waals surface area contributed by atoms with E-state index in [1.807, 2.05) is 43.3 Å². The molecule has 0 aliphatic heterocycles. The maximum absolute atomic E-state index is 13.0. The normalized spacial score (nSPS) is 10.8. The number of hydrogen-bond acceptors (Lipinski definition) is 4. The summed E-state index contributed by atoms with van der Waals surface area (Å²) in [5.74, 6) is 1.08. The molecule has 1 amide bonds. The largest absolute Gasteiger partial charge is 0.348 e. The summed E-state index contributed by atoms with van der Waals surface area (Å²) in [4.78, 5) is 12.6. The first-order valence-corrected chi connectivity index (χ1v) is 11.2. The van der Waals surface area contributed by atoms with Crippen molar-refractivity contribution < 1.29 is 9.18 Å². The molecule has 1 heterocycles. The molecule has 0 saturated heterocycles. The van der Waals surface area contributed by atoms with Crippen LogP contribution in [0.5, 0.6) is 0 Å². The monoisotopic (exact) mass is 446 g/mol. The average Bonchev–Trinajstić information content (AvgIpc) is 3.17. The minimum absolute atomic E-state index is 0.163. The van der Waals surface area contributed by atoms with Gasteiger partial charge >= 0.3 is 0 Å². The van der Waals surface area contributed by atoms with Crippen molar-refractivity contribution in [2.45, 2.75) is 30.9 Å². The molecule has 0 unspecified atom stereocenters. The van der Waals surface area contributed by atoms with Crippen LogP contribution in [0.15, 0.2) is 84.0 Å². The van der Waals surface area contributed by atoms with Crippen LogP contribution in [-0.2, 0) is 18.8 Å². The zero-order valence-electron chi connectivity index (χ0n) is 17.7. The highest BCUT2D eigenvalue weighted by Gasteiger charge is 2.11. The number of amides is 1. The van der Waals surface area contributed by atoms with Crippen molar-refractivity contribution in [2.24, 2.45) is 0 Å². The van der Waals surface area contributed by atoms with Crippen molar-refractivity contribution in [3.8, 4) is 0 Å². The van der Waals surface area contributed by atoms with Crippen molar-refractivity contribution in [3.05, 3.63) is 113 Å². The Hall–Kier alpha value is -3.45. The summed E-state index contributed by atoms with van der Waals surface area (Å²) in [6.07, 6.45) is 0. The van der Waals surface area contributed by atoms with Gasteiger partial charge in [-0.3, -0.25) is 4.79 Å². The molecule has 1 aromatic heterocycles. The molecule has 0 aliphatic rings. The van der Waals surface area contributed by atoms with Crippen LogP contribution in [0.1, 0.15) is 32.9 Å². The number of rotatable bonds is 8. The number of halogens is 1. The summed E-state index contributed by atoms with van der Waals surface area (Å²) in [7, 11) is 0. The Labute approximate surface area is 190 Å². The van der Waals surface area contributed by atoms with Gasteiger partial charge in [0.25, 0.3) is 5.91 Å². The van der Waals surface area contributed by atoms with Gasteiger partial charge in [0.15, 0.2) is 5.16 Å². The van der Waals surface area contributed by atoms with Crippen molar-refractivity contribution in [2.75, 3.05) is 0 Å². The van der Waals surface area contributed by atoms with Gasteiger partial charge < -0.3 is 9.88 Å². The Morgan fingerprint density at radius 3 is 2.47 bits per heavy atom. The molecule has 7 heteroatoms. The van der Waals surface area contributed by atoms with Gasteiger partial charge in [-0.2, -0.15) is 0 Å². The van der Waals surface area contributed by atoms with E-state index in [1.54, 1.807) is 30.0 Å². The second-order valence-corrected chi connectivity index (χ2v) is 8.34. The molecule has 4 aromatic rings. The van der Waals surface area contributed by atoms with Crippen molar-refractivity contribution in [1.29, 1.82) is 0 Å².